The van der Waals surface area contributed by atoms with E-state index >= 15 is 0 Å². The summed E-state index contributed by atoms with van der Waals surface area (Å²) in [4.78, 5) is 41.0. The number of carbonyl (C=O) groups excluding carboxylic acids is 1. The van der Waals surface area contributed by atoms with Crippen molar-refractivity contribution >= 4 is 28.6 Å². The molecule has 2 aliphatic rings. The fraction of sp³-hybridized carbons (Fsp3) is 0.345. The third-order valence-corrected chi connectivity index (χ3v) is 7.98. The van der Waals surface area contributed by atoms with Crippen LogP contribution in [0.25, 0.3) is 16.6 Å². The van der Waals surface area contributed by atoms with E-state index in [2.05, 4.69) is 27.8 Å². The van der Waals surface area contributed by atoms with Gasteiger partial charge in [-0.2, -0.15) is 38.3 Å². The van der Waals surface area contributed by atoms with E-state index in [1.165, 1.54) is 37.4 Å². The smallest absolute Gasteiger partial charge is 0.352 e. The molecule has 2 saturated heterocycles. The average molecular weight is 605 g/mol. The number of aromatic nitrogens is 6. The molecular formula is C29H27F3N10O2. The molecule has 1 aromatic carbocycles. The molecule has 0 aliphatic carbocycles. The van der Waals surface area contributed by atoms with Gasteiger partial charge in [-0.1, -0.05) is 18.7 Å². The van der Waals surface area contributed by atoms with Crippen LogP contribution in [0.5, 0.6) is 0 Å². The first kappa shape index (κ1) is 28.8. The molecule has 1 atom stereocenters. The zero-order chi connectivity index (χ0) is 31.2. The number of hydrogen-bond acceptors (Lipinski definition) is 9. The van der Waals surface area contributed by atoms with E-state index in [1.54, 1.807) is 11.1 Å². The molecule has 0 radical (unpaired) electrons. The molecule has 6 rings (SSSR count). The third-order valence-electron chi connectivity index (χ3n) is 7.98. The van der Waals surface area contributed by atoms with Gasteiger partial charge in [0.25, 0.3) is 5.56 Å². The number of aryl methyl sites for hydroxylation is 1. The molecule has 0 unspecified atom stereocenters. The number of amides is 1. The Morgan fingerprint density at radius 2 is 1.93 bits per heavy atom. The van der Waals surface area contributed by atoms with Crippen LogP contribution >= 0.6 is 0 Å². The lowest BCUT2D eigenvalue weighted by Crippen LogP contribution is -2.55. The molecule has 0 bridgehead atoms. The van der Waals surface area contributed by atoms with E-state index in [4.69, 9.17) is 4.98 Å². The Morgan fingerprint density at radius 3 is 2.61 bits per heavy atom. The van der Waals surface area contributed by atoms with Gasteiger partial charge < -0.3 is 14.7 Å². The quantitative estimate of drug-likeness (QED) is 0.305. The molecule has 5 heterocycles. The second-order valence-electron chi connectivity index (χ2n) is 10.7. The maximum absolute atomic E-state index is 14.1. The van der Waals surface area contributed by atoms with Gasteiger partial charge >= 0.3 is 6.18 Å². The van der Waals surface area contributed by atoms with Crippen molar-refractivity contribution < 1.29 is 18.0 Å². The number of halogens is 3. The molecule has 0 N–H and O–H groups in total. The van der Waals surface area contributed by atoms with E-state index in [0.717, 1.165) is 4.68 Å². The molecule has 44 heavy (non-hydrogen) atoms. The highest BCUT2D eigenvalue weighted by Gasteiger charge is 2.37. The molecule has 0 spiro atoms. The van der Waals surface area contributed by atoms with Gasteiger partial charge in [0.15, 0.2) is 0 Å². The number of fused-ring (bicyclic) bond motifs is 1. The number of rotatable bonds is 6. The topological polar surface area (TPSA) is 129 Å². The number of hydrogen-bond donors (Lipinski definition) is 0. The van der Waals surface area contributed by atoms with Crippen molar-refractivity contribution in [3.63, 3.8) is 0 Å². The van der Waals surface area contributed by atoms with E-state index in [9.17, 15) is 28.0 Å². The number of alkyl halides is 3. The Hall–Kier alpha value is -5.26. The summed E-state index contributed by atoms with van der Waals surface area (Å²) in [6.07, 6.45) is 1.35. The fourth-order valence-electron chi connectivity index (χ4n) is 5.77. The van der Waals surface area contributed by atoms with Gasteiger partial charge in [-0.25, -0.2) is 4.98 Å². The van der Waals surface area contributed by atoms with Crippen LogP contribution in [0.15, 0.2) is 60.3 Å². The van der Waals surface area contributed by atoms with Crippen molar-refractivity contribution in [3.8, 4) is 11.8 Å². The number of anilines is 2. The Balaban J connectivity index is 1.47. The largest absolute Gasteiger partial charge is 0.418 e. The normalized spacial score (nSPS) is 17.4. The standard InChI is InChI=1S/C29H27F3N10O2/c1-3-23(43)40-13-12-38(15-19(40)8-9-33)26-21-14-35-42(22-7-4-6-18(2)24(22)29(30,31)32)27(44)25(21)36-28(37-26)39-16-20(17-39)41-11-5-10-34-41/h3-7,10-11,14,19-20H,1,8,12-13,15-17H2,2H3/t19-/m0/s1. The Bertz CT molecular complexity index is 1840. The summed E-state index contributed by atoms with van der Waals surface area (Å²) in [5.41, 5.74) is -2.34. The summed E-state index contributed by atoms with van der Waals surface area (Å²) in [7, 11) is 0. The molecule has 2 fully saturated rings. The fourth-order valence-corrected chi connectivity index (χ4v) is 5.77. The zero-order valence-corrected chi connectivity index (χ0v) is 23.6. The summed E-state index contributed by atoms with van der Waals surface area (Å²) >= 11 is 0. The number of nitriles is 1. The summed E-state index contributed by atoms with van der Waals surface area (Å²) < 4.78 is 44.8. The van der Waals surface area contributed by atoms with Gasteiger partial charge in [-0.05, 0) is 30.7 Å². The lowest BCUT2D eigenvalue weighted by molar-refractivity contribution is -0.138. The van der Waals surface area contributed by atoms with Gasteiger partial charge in [0.2, 0.25) is 11.9 Å². The predicted octanol–water partition coefficient (Wildman–Crippen LogP) is 2.88. The maximum atomic E-state index is 14.1. The van der Waals surface area contributed by atoms with Crippen LogP contribution in [0.4, 0.5) is 24.9 Å². The first-order valence-electron chi connectivity index (χ1n) is 13.9. The molecule has 3 aromatic heterocycles. The summed E-state index contributed by atoms with van der Waals surface area (Å²) in [5.74, 6) is 0.275. The number of benzene rings is 1. The summed E-state index contributed by atoms with van der Waals surface area (Å²) in [5, 5.41) is 18.1. The SMILES string of the molecule is C=CC(=O)N1CCN(c2nc(N3CC(n4cccn4)C3)nc3c(=O)n(-c4cccc(C)c4C(F)(F)F)ncc23)C[C@@H]1CC#N. The number of carbonyl (C=O) groups is 1. The van der Waals surface area contributed by atoms with Gasteiger partial charge in [0.1, 0.15) is 11.3 Å². The first-order chi connectivity index (χ1) is 21.1. The third kappa shape index (κ3) is 5.01. The lowest BCUT2D eigenvalue weighted by atomic mass is 10.1. The Kier molecular flexibility index (Phi) is 7.28. The molecule has 0 saturated carbocycles. The van der Waals surface area contributed by atoms with E-state index in [1.807, 2.05) is 26.7 Å². The van der Waals surface area contributed by atoms with Crippen molar-refractivity contribution in [1.82, 2.24) is 34.4 Å². The second-order valence-corrected chi connectivity index (χ2v) is 10.7. The monoisotopic (exact) mass is 604 g/mol. The van der Waals surface area contributed by atoms with Crippen molar-refractivity contribution in [2.24, 2.45) is 0 Å². The predicted molar refractivity (Wildman–Crippen MR) is 154 cm³/mol. The highest BCUT2D eigenvalue weighted by atomic mass is 19.4. The van der Waals surface area contributed by atoms with E-state index < -0.39 is 29.0 Å². The maximum Gasteiger partial charge on any atom is 0.418 e. The van der Waals surface area contributed by atoms with Gasteiger partial charge in [0, 0.05) is 45.1 Å². The van der Waals surface area contributed by atoms with Crippen LogP contribution in [-0.4, -0.2) is 79.1 Å². The molecular weight excluding hydrogens is 577 g/mol. The van der Waals surface area contributed by atoms with Crippen molar-refractivity contribution in [1.29, 1.82) is 5.26 Å². The first-order valence-corrected chi connectivity index (χ1v) is 13.9. The molecule has 12 nitrogen and oxygen atoms in total. The Morgan fingerprint density at radius 1 is 1.14 bits per heavy atom. The molecule has 226 valence electrons. The zero-order valence-electron chi connectivity index (χ0n) is 23.6. The number of piperazine rings is 1. The van der Waals surface area contributed by atoms with Crippen LogP contribution in [0.1, 0.15) is 23.6 Å². The van der Waals surface area contributed by atoms with Crippen LogP contribution in [0.3, 0.4) is 0 Å². The molecule has 2 aliphatic heterocycles. The highest BCUT2D eigenvalue weighted by molar-refractivity contribution is 5.90. The summed E-state index contributed by atoms with van der Waals surface area (Å²) in [6.45, 7) is 6.70. The second kappa shape index (κ2) is 11.1. The Labute approximate surface area is 249 Å². The van der Waals surface area contributed by atoms with Crippen LogP contribution < -0.4 is 15.4 Å². The molecule has 1 amide bonds. The van der Waals surface area contributed by atoms with E-state index in [-0.39, 0.29) is 53.9 Å². The number of nitrogens with zero attached hydrogens (tertiary/aromatic N) is 10. The van der Waals surface area contributed by atoms with Crippen LogP contribution in [0, 0.1) is 18.3 Å². The minimum Gasteiger partial charge on any atom is -0.352 e. The van der Waals surface area contributed by atoms with Gasteiger partial charge in [-0.15, -0.1) is 0 Å². The van der Waals surface area contributed by atoms with Crippen molar-refractivity contribution in [2.45, 2.75) is 31.6 Å². The van der Waals surface area contributed by atoms with E-state index in [0.29, 0.717) is 25.5 Å². The minimum atomic E-state index is -4.73. The average Bonchev–Trinajstić information content (AvgIpc) is 3.50. The lowest BCUT2D eigenvalue weighted by Gasteiger charge is -2.42. The van der Waals surface area contributed by atoms with Crippen molar-refractivity contribution in [2.75, 3.05) is 42.5 Å². The summed E-state index contributed by atoms with van der Waals surface area (Å²) in [6, 6.07) is 7.47. The van der Waals surface area contributed by atoms with Gasteiger partial charge in [0.05, 0.1) is 47.4 Å². The minimum absolute atomic E-state index is 0.0476. The van der Waals surface area contributed by atoms with Crippen molar-refractivity contribution in [3.05, 3.63) is 77.0 Å². The van der Waals surface area contributed by atoms with Crippen LogP contribution in [0.2, 0.25) is 0 Å². The van der Waals surface area contributed by atoms with Gasteiger partial charge in [-0.3, -0.25) is 14.3 Å². The highest BCUT2D eigenvalue weighted by Crippen LogP contribution is 2.36. The molecule has 4 aromatic rings. The molecule has 15 heteroatoms. The van der Waals surface area contributed by atoms with Crippen LogP contribution in [-0.2, 0) is 11.0 Å².